The van der Waals surface area contributed by atoms with E-state index in [-0.39, 0.29) is 11.9 Å². The van der Waals surface area contributed by atoms with Gasteiger partial charge in [0.1, 0.15) is 0 Å². The molecule has 0 saturated heterocycles. The van der Waals surface area contributed by atoms with Crippen LogP contribution in [0.4, 0.5) is 0 Å². The standard InChI is InChI=1S/C34H64N4O/c1-24(2)37-32(39)14-9-25(3)29-12-13-30-28-11-10-26-23-27(36-20-8-22-38(6)21-7-19-35)15-17-33(26,4)31(28)16-18-34(29,30)5/h24-31,36H,7-23,35H2,1-6H3,(H,37,39)/t25-,26?,27?,28?,29-,30?,31?,33+,34-/m1/s1. The van der Waals surface area contributed by atoms with Crippen molar-refractivity contribution in [2.45, 2.75) is 130 Å². The van der Waals surface area contributed by atoms with Crippen molar-refractivity contribution < 1.29 is 4.79 Å². The maximum atomic E-state index is 12.3. The van der Waals surface area contributed by atoms with Crippen LogP contribution >= 0.6 is 0 Å². The molecule has 226 valence electrons. The predicted molar refractivity (Wildman–Crippen MR) is 164 cm³/mol. The molecule has 0 aromatic carbocycles. The number of carbonyl (C=O) groups excluding carboxylic acids is 1. The summed E-state index contributed by atoms with van der Waals surface area (Å²) < 4.78 is 0. The number of nitrogens with zero attached hydrogens (tertiary/aromatic N) is 1. The average molecular weight is 545 g/mol. The van der Waals surface area contributed by atoms with Crippen molar-refractivity contribution in [2.75, 3.05) is 33.2 Å². The summed E-state index contributed by atoms with van der Waals surface area (Å²) in [5, 5.41) is 7.07. The zero-order valence-corrected chi connectivity index (χ0v) is 26.6. The lowest BCUT2D eigenvalue weighted by Gasteiger charge is -2.61. The number of amides is 1. The summed E-state index contributed by atoms with van der Waals surface area (Å²) in [6.45, 7) is 16.2. The van der Waals surface area contributed by atoms with Gasteiger partial charge in [0, 0.05) is 18.5 Å². The van der Waals surface area contributed by atoms with Crippen LogP contribution in [-0.2, 0) is 4.79 Å². The van der Waals surface area contributed by atoms with Gasteiger partial charge >= 0.3 is 0 Å². The number of hydrogen-bond acceptors (Lipinski definition) is 4. The van der Waals surface area contributed by atoms with Gasteiger partial charge in [-0.05, 0) is 170 Å². The quantitative estimate of drug-likeness (QED) is 0.241. The van der Waals surface area contributed by atoms with Crippen LogP contribution in [0, 0.1) is 46.3 Å². The SMILES string of the molecule is CC(C)NC(=O)CC[C@@H](C)[C@H]1CCC2C3CCC4CC(NCCCN(C)CCCN)CC[C@]4(C)C3CC[C@@]21C. The molecule has 9 atom stereocenters. The molecule has 4 aliphatic rings. The Balaban J connectivity index is 1.28. The highest BCUT2D eigenvalue weighted by Crippen LogP contribution is 2.68. The molecule has 0 radical (unpaired) electrons. The second kappa shape index (κ2) is 13.6. The number of rotatable bonds is 13. The summed E-state index contributed by atoms with van der Waals surface area (Å²) in [6, 6.07) is 0.977. The van der Waals surface area contributed by atoms with Gasteiger partial charge in [0.15, 0.2) is 0 Å². The third kappa shape index (κ3) is 7.05. The predicted octanol–water partition coefficient (Wildman–Crippen LogP) is 6.22. The Morgan fingerprint density at radius 2 is 1.67 bits per heavy atom. The van der Waals surface area contributed by atoms with Crippen molar-refractivity contribution in [3.8, 4) is 0 Å². The van der Waals surface area contributed by atoms with Crippen LogP contribution < -0.4 is 16.4 Å². The Morgan fingerprint density at radius 3 is 2.41 bits per heavy atom. The lowest BCUT2D eigenvalue weighted by molar-refractivity contribution is -0.123. The van der Waals surface area contributed by atoms with Crippen molar-refractivity contribution in [1.29, 1.82) is 0 Å². The molecule has 0 heterocycles. The molecule has 5 unspecified atom stereocenters. The van der Waals surface area contributed by atoms with Crippen LogP contribution in [0.3, 0.4) is 0 Å². The second-order valence-electron chi connectivity index (χ2n) is 15.3. The number of fused-ring (bicyclic) bond motifs is 5. The van der Waals surface area contributed by atoms with E-state index in [0.717, 1.165) is 68.1 Å². The van der Waals surface area contributed by atoms with Gasteiger partial charge in [-0.15, -0.1) is 0 Å². The largest absolute Gasteiger partial charge is 0.354 e. The van der Waals surface area contributed by atoms with Gasteiger partial charge in [0.2, 0.25) is 5.91 Å². The van der Waals surface area contributed by atoms with Gasteiger partial charge in [0.05, 0.1) is 0 Å². The van der Waals surface area contributed by atoms with Crippen LogP contribution in [-0.4, -0.2) is 56.1 Å². The van der Waals surface area contributed by atoms with Crippen molar-refractivity contribution in [3.63, 3.8) is 0 Å². The Morgan fingerprint density at radius 1 is 0.949 bits per heavy atom. The van der Waals surface area contributed by atoms with E-state index in [2.05, 4.69) is 57.2 Å². The molecule has 4 rings (SSSR count). The highest BCUT2D eigenvalue weighted by Gasteiger charge is 2.60. The van der Waals surface area contributed by atoms with E-state index in [0.29, 0.717) is 23.2 Å². The average Bonchev–Trinajstić information content (AvgIpc) is 3.25. The molecule has 1 amide bonds. The molecule has 4 saturated carbocycles. The fourth-order valence-corrected chi connectivity index (χ4v) is 10.5. The molecule has 4 aliphatic carbocycles. The van der Waals surface area contributed by atoms with E-state index in [1.165, 1.54) is 70.8 Å². The van der Waals surface area contributed by atoms with Gasteiger partial charge in [-0.1, -0.05) is 20.8 Å². The Hall–Kier alpha value is -0.650. The lowest BCUT2D eigenvalue weighted by Crippen LogP contribution is -2.55. The molecular formula is C34H64N4O. The van der Waals surface area contributed by atoms with E-state index in [1.807, 2.05) is 0 Å². The van der Waals surface area contributed by atoms with Crippen molar-refractivity contribution in [3.05, 3.63) is 0 Å². The van der Waals surface area contributed by atoms with E-state index in [9.17, 15) is 4.79 Å². The molecular weight excluding hydrogens is 480 g/mol. The van der Waals surface area contributed by atoms with E-state index in [1.54, 1.807) is 0 Å². The molecule has 4 fully saturated rings. The van der Waals surface area contributed by atoms with Crippen molar-refractivity contribution in [2.24, 2.45) is 52.1 Å². The highest BCUT2D eigenvalue weighted by molar-refractivity contribution is 5.76. The number of nitrogens with one attached hydrogen (secondary N) is 2. The zero-order valence-electron chi connectivity index (χ0n) is 26.6. The summed E-state index contributed by atoms with van der Waals surface area (Å²) in [6.07, 6.45) is 17.0. The Labute approximate surface area is 241 Å². The zero-order chi connectivity index (χ0) is 28.2. The number of hydrogen-bond donors (Lipinski definition) is 3. The van der Waals surface area contributed by atoms with Crippen LogP contribution in [0.1, 0.15) is 118 Å². The molecule has 0 spiro atoms. The summed E-state index contributed by atoms with van der Waals surface area (Å²) in [7, 11) is 2.23. The number of carbonyl (C=O) groups is 1. The van der Waals surface area contributed by atoms with E-state index < -0.39 is 0 Å². The normalized spacial score (nSPS) is 38.8. The van der Waals surface area contributed by atoms with Crippen LogP contribution in [0.2, 0.25) is 0 Å². The first kappa shape index (κ1) is 31.3. The molecule has 0 bridgehead atoms. The van der Waals surface area contributed by atoms with E-state index in [4.69, 9.17) is 5.73 Å². The maximum absolute atomic E-state index is 12.3. The summed E-state index contributed by atoms with van der Waals surface area (Å²) in [5.74, 6) is 5.41. The van der Waals surface area contributed by atoms with Gasteiger partial charge in [-0.2, -0.15) is 0 Å². The smallest absolute Gasteiger partial charge is 0.220 e. The van der Waals surface area contributed by atoms with Crippen molar-refractivity contribution in [1.82, 2.24) is 15.5 Å². The highest BCUT2D eigenvalue weighted by atomic mass is 16.1. The molecule has 39 heavy (non-hydrogen) atoms. The molecule has 5 heteroatoms. The van der Waals surface area contributed by atoms with Crippen LogP contribution in [0.25, 0.3) is 0 Å². The van der Waals surface area contributed by atoms with Crippen molar-refractivity contribution >= 4 is 5.91 Å². The third-order valence-electron chi connectivity index (χ3n) is 12.6. The first-order valence-electron chi connectivity index (χ1n) is 17.0. The van der Waals surface area contributed by atoms with Crippen LogP contribution in [0.15, 0.2) is 0 Å². The van der Waals surface area contributed by atoms with Crippen LogP contribution in [0.5, 0.6) is 0 Å². The second-order valence-corrected chi connectivity index (χ2v) is 15.3. The first-order valence-corrected chi connectivity index (χ1v) is 17.0. The molecule has 5 nitrogen and oxygen atoms in total. The molecule has 0 aromatic rings. The molecule has 0 aromatic heterocycles. The first-order chi connectivity index (χ1) is 18.6. The van der Waals surface area contributed by atoms with E-state index >= 15 is 0 Å². The minimum atomic E-state index is 0.242. The summed E-state index contributed by atoms with van der Waals surface area (Å²) >= 11 is 0. The van der Waals surface area contributed by atoms with Gasteiger partial charge in [-0.25, -0.2) is 0 Å². The van der Waals surface area contributed by atoms with Gasteiger partial charge in [-0.3, -0.25) is 4.79 Å². The lowest BCUT2D eigenvalue weighted by atomic mass is 9.44. The fourth-order valence-electron chi connectivity index (χ4n) is 10.5. The number of nitrogens with two attached hydrogens (primary N) is 1. The van der Waals surface area contributed by atoms with Gasteiger partial charge in [0.25, 0.3) is 0 Å². The summed E-state index contributed by atoms with van der Waals surface area (Å²) in [4.78, 5) is 14.8. The Kier molecular flexibility index (Phi) is 10.9. The fraction of sp³-hybridized carbons (Fsp3) is 0.971. The minimum absolute atomic E-state index is 0.242. The maximum Gasteiger partial charge on any atom is 0.220 e. The minimum Gasteiger partial charge on any atom is -0.354 e. The van der Waals surface area contributed by atoms with Gasteiger partial charge < -0.3 is 21.3 Å². The summed E-state index contributed by atoms with van der Waals surface area (Å²) in [5.41, 5.74) is 6.72. The molecule has 4 N–H and O–H groups in total. The monoisotopic (exact) mass is 545 g/mol. The molecule has 0 aliphatic heterocycles. The topological polar surface area (TPSA) is 70.4 Å². The Bertz CT molecular complexity index is 787. The third-order valence-corrected chi connectivity index (χ3v) is 12.6.